The summed E-state index contributed by atoms with van der Waals surface area (Å²) in [5.41, 5.74) is 0. The standard InChI is InChI=1S/C11H9NO.C2H4O2/c1-2-4-10(5-3-1)13-11-6-8-12-9-7-11;1-4-2-3/h1-9H;2H,1H3. The molecule has 0 amide bonds. The van der Waals surface area contributed by atoms with Crippen LogP contribution in [0.4, 0.5) is 0 Å². The van der Waals surface area contributed by atoms with Gasteiger partial charge in [-0.25, -0.2) is 0 Å². The number of aromatic nitrogens is 1. The highest BCUT2D eigenvalue weighted by Gasteiger charge is 1.92. The van der Waals surface area contributed by atoms with Gasteiger partial charge in [0.25, 0.3) is 6.47 Å². The van der Waals surface area contributed by atoms with Crippen molar-refractivity contribution in [3.05, 3.63) is 54.9 Å². The van der Waals surface area contributed by atoms with E-state index in [1.54, 1.807) is 12.4 Å². The van der Waals surface area contributed by atoms with Crippen LogP contribution in [0.5, 0.6) is 11.5 Å². The number of carbonyl (C=O) groups excluding carboxylic acids is 1. The third-order valence-corrected chi connectivity index (χ3v) is 1.72. The van der Waals surface area contributed by atoms with Crippen molar-refractivity contribution in [3.8, 4) is 11.5 Å². The second-order valence-corrected chi connectivity index (χ2v) is 2.93. The second kappa shape index (κ2) is 7.87. The first-order valence-corrected chi connectivity index (χ1v) is 4.96. The van der Waals surface area contributed by atoms with Crippen molar-refractivity contribution in [2.24, 2.45) is 0 Å². The van der Waals surface area contributed by atoms with Crippen LogP contribution in [0.15, 0.2) is 54.9 Å². The summed E-state index contributed by atoms with van der Waals surface area (Å²) in [6.07, 6.45) is 3.41. The monoisotopic (exact) mass is 231 g/mol. The highest BCUT2D eigenvalue weighted by atomic mass is 16.5. The van der Waals surface area contributed by atoms with Crippen LogP contribution in [0.25, 0.3) is 0 Å². The number of nitrogens with zero attached hydrogens (tertiary/aromatic N) is 1. The third-order valence-electron chi connectivity index (χ3n) is 1.72. The van der Waals surface area contributed by atoms with Gasteiger partial charge in [0.05, 0.1) is 7.11 Å². The number of para-hydroxylation sites is 1. The molecule has 88 valence electrons. The summed E-state index contributed by atoms with van der Waals surface area (Å²) in [5, 5.41) is 0. The van der Waals surface area contributed by atoms with E-state index in [9.17, 15) is 0 Å². The highest BCUT2D eigenvalue weighted by molar-refractivity contribution is 5.36. The maximum Gasteiger partial charge on any atom is 0.292 e. The largest absolute Gasteiger partial charge is 0.471 e. The molecule has 0 aliphatic carbocycles. The van der Waals surface area contributed by atoms with Gasteiger partial charge in [0.2, 0.25) is 0 Å². The maximum atomic E-state index is 8.95. The zero-order chi connectivity index (χ0) is 12.3. The van der Waals surface area contributed by atoms with Gasteiger partial charge in [-0.1, -0.05) is 18.2 Å². The van der Waals surface area contributed by atoms with E-state index in [0.717, 1.165) is 11.5 Å². The summed E-state index contributed by atoms with van der Waals surface area (Å²) >= 11 is 0. The lowest BCUT2D eigenvalue weighted by atomic mass is 10.3. The van der Waals surface area contributed by atoms with Crippen molar-refractivity contribution in [2.45, 2.75) is 0 Å². The topological polar surface area (TPSA) is 48.4 Å². The van der Waals surface area contributed by atoms with Crippen LogP contribution < -0.4 is 4.74 Å². The Morgan fingerprint density at radius 2 is 1.53 bits per heavy atom. The van der Waals surface area contributed by atoms with E-state index in [4.69, 9.17) is 9.53 Å². The molecular weight excluding hydrogens is 218 g/mol. The van der Waals surface area contributed by atoms with Gasteiger partial charge in [-0.05, 0) is 24.3 Å². The van der Waals surface area contributed by atoms with Crippen molar-refractivity contribution in [2.75, 3.05) is 7.11 Å². The molecule has 4 heteroatoms. The Morgan fingerprint density at radius 1 is 1.00 bits per heavy atom. The first kappa shape index (κ1) is 12.7. The van der Waals surface area contributed by atoms with Gasteiger partial charge in [0.1, 0.15) is 11.5 Å². The fourth-order valence-corrected chi connectivity index (χ4v) is 1.03. The minimum atomic E-state index is 0.375. The number of pyridine rings is 1. The summed E-state index contributed by atoms with van der Waals surface area (Å²) in [6, 6.07) is 13.3. The summed E-state index contributed by atoms with van der Waals surface area (Å²) in [5.74, 6) is 1.65. The summed E-state index contributed by atoms with van der Waals surface area (Å²) < 4.78 is 9.40. The SMILES string of the molecule is COC=O.c1ccc(Oc2ccncc2)cc1. The Labute approximate surface area is 99.8 Å². The Bertz CT molecular complexity index is 380. The number of hydrogen-bond acceptors (Lipinski definition) is 4. The van der Waals surface area contributed by atoms with Crippen molar-refractivity contribution in [1.82, 2.24) is 4.98 Å². The molecule has 0 N–H and O–H groups in total. The molecule has 0 saturated heterocycles. The first-order valence-electron chi connectivity index (χ1n) is 4.96. The fraction of sp³-hybridized carbons (Fsp3) is 0.0769. The molecule has 0 atom stereocenters. The van der Waals surface area contributed by atoms with Crippen LogP contribution in [-0.4, -0.2) is 18.6 Å². The number of benzene rings is 1. The summed E-state index contributed by atoms with van der Waals surface area (Å²) in [6.45, 7) is 0.375. The molecular formula is C13H13NO3. The molecule has 4 nitrogen and oxygen atoms in total. The van der Waals surface area contributed by atoms with E-state index in [1.807, 2.05) is 42.5 Å². The molecule has 0 aliphatic heterocycles. The zero-order valence-corrected chi connectivity index (χ0v) is 9.45. The number of carbonyl (C=O) groups is 1. The predicted molar refractivity (Wildman–Crippen MR) is 63.8 cm³/mol. The lowest BCUT2D eigenvalue weighted by Gasteiger charge is -2.03. The quantitative estimate of drug-likeness (QED) is 0.762. The van der Waals surface area contributed by atoms with Gasteiger partial charge in [0.15, 0.2) is 0 Å². The van der Waals surface area contributed by atoms with E-state index in [1.165, 1.54) is 7.11 Å². The van der Waals surface area contributed by atoms with E-state index in [2.05, 4.69) is 9.72 Å². The molecule has 1 heterocycles. The van der Waals surface area contributed by atoms with Crippen LogP contribution in [0.3, 0.4) is 0 Å². The van der Waals surface area contributed by atoms with E-state index in [-0.39, 0.29) is 0 Å². The van der Waals surface area contributed by atoms with Crippen molar-refractivity contribution < 1.29 is 14.3 Å². The molecule has 2 rings (SSSR count). The molecule has 1 aromatic heterocycles. The maximum absolute atomic E-state index is 8.95. The van der Waals surface area contributed by atoms with Crippen LogP contribution >= 0.6 is 0 Å². The number of methoxy groups -OCH3 is 1. The number of hydrogen-bond donors (Lipinski definition) is 0. The Balaban J connectivity index is 0.000000317. The Kier molecular flexibility index (Phi) is 5.88. The molecule has 1 aromatic carbocycles. The molecule has 0 saturated carbocycles. The minimum Gasteiger partial charge on any atom is -0.471 e. The normalized spacial score (nSPS) is 8.53. The highest BCUT2D eigenvalue weighted by Crippen LogP contribution is 2.18. The van der Waals surface area contributed by atoms with Crippen LogP contribution in [0.2, 0.25) is 0 Å². The summed E-state index contributed by atoms with van der Waals surface area (Å²) in [4.78, 5) is 12.9. The second-order valence-electron chi connectivity index (χ2n) is 2.93. The molecule has 0 fully saturated rings. The first-order chi connectivity index (χ1) is 8.36. The lowest BCUT2D eigenvalue weighted by Crippen LogP contribution is -1.82. The van der Waals surface area contributed by atoms with Gasteiger partial charge in [-0.2, -0.15) is 0 Å². The van der Waals surface area contributed by atoms with Crippen molar-refractivity contribution >= 4 is 6.47 Å². The summed E-state index contributed by atoms with van der Waals surface area (Å²) in [7, 11) is 1.31. The van der Waals surface area contributed by atoms with Gasteiger partial charge in [0, 0.05) is 12.4 Å². The Hall–Kier alpha value is -2.36. The predicted octanol–water partition coefficient (Wildman–Crippen LogP) is 2.66. The van der Waals surface area contributed by atoms with Crippen LogP contribution in [-0.2, 0) is 9.53 Å². The molecule has 0 spiro atoms. The van der Waals surface area contributed by atoms with Crippen molar-refractivity contribution in [3.63, 3.8) is 0 Å². The Morgan fingerprint density at radius 3 is 2.06 bits per heavy atom. The van der Waals surface area contributed by atoms with Gasteiger partial charge < -0.3 is 9.47 Å². The van der Waals surface area contributed by atoms with E-state index >= 15 is 0 Å². The fourth-order valence-electron chi connectivity index (χ4n) is 1.03. The molecule has 0 unspecified atom stereocenters. The van der Waals surface area contributed by atoms with Gasteiger partial charge >= 0.3 is 0 Å². The molecule has 0 aliphatic rings. The van der Waals surface area contributed by atoms with Crippen molar-refractivity contribution in [1.29, 1.82) is 0 Å². The molecule has 0 bridgehead atoms. The average Bonchev–Trinajstić information content (AvgIpc) is 2.41. The van der Waals surface area contributed by atoms with Crippen LogP contribution in [0.1, 0.15) is 0 Å². The lowest BCUT2D eigenvalue weighted by molar-refractivity contribution is -0.126. The van der Waals surface area contributed by atoms with Gasteiger partial charge in [-0.15, -0.1) is 0 Å². The molecule has 17 heavy (non-hydrogen) atoms. The zero-order valence-electron chi connectivity index (χ0n) is 9.45. The third kappa shape index (κ3) is 5.32. The van der Waals surface area contributed by atoms with E-state index in [0.29, 0.717) is 6.47 Å². The smallest absolute Gasteiger partial charge is 0.292 e. The number of ether oxygens (including phenoxy) is 2. The molecule has 2 aromatic rings. The average molecular weight is 231 g/mol. The number of rotatable bonds is 3. The minimum absolute atomic E-state index is 0.375. The van der Waals surface area contributed by atoms with Gasteiger partial charge in [-0.3, -0.25) is 9.78 Å². The molecule has 0 radical (unpaired) electrons. The van der Waals surface area contributed by atoms with E-state index < -0.39 is 0 Å². The van der Waals surface area contributed by atoms with Crippen LogP contribution in [0, 0.1) is 0 Å².